The Morgan fingerprint density at radius 3 is 2.71 bits per heavy atom. The third kappa shape index (κ3) is 4.79. The minimum atomic E-state index is -0.529. The lowest BCUT2D eigenvalue weighted by Gasteiger charge is -2.46. The molecule has 1 aliphatic carbocycles. The number of ether oxygens (including phenoxy) is 1. The van der Waals surface area contributed by atoms with Gasteiger partial charge in [0.1, 0.15) is 5.60 Å². The first-order valence-corrected chi connectivity index (χ1v) is 14.2. The molecule has 1 aliphatic heterocycles. The zero-order valence-corrected chi connectivity index (χ0v) is 23.0. The second-order valence-corrected chi connectivity index (χ2v) is 12.6. The Hall–Kier alpha value is -3.33. The second kappa shape index (κ2) is 9.76. The van der Waals surface area contributed by atoms with E-state index in [1.54, 1.807) is 11.8 Å². The highest BCUT2D eigenvalue weighted by Gasteiger charge is 2.46. The Morgan fingerprint density at radius 1 is 1.08 bits per heavy atom. The van der Waals surface area contributed by atoms with Gasteiger partial charge in [-0.25, -0.2) is 14.8 Å². The quantitative estimate of drug-likeness (QED) is 0.342. The molecule has 4 aromatic rings. The van der Waals surface area contributed by atoms with Crippen molar-refractivity contribution in [3.05, 3.63) is 55.2 Å². The molecule has 38 heavy (non-hydrogen) atoms. The first-order valence-electron chi connectivity index (χ1n) is 13.4. The fourth-order valence-corrected chi connectivity index (χ4v) is 7.02. The summed E-state index contributed by atoms with van der Waals surface area (Å²) in [6, 6.07) is 8.28. The van der Waals surface area contributed by atoms with Crippen LogP contribution in [-0.4, -0.2) is 50.2 Å². The number of pyridine rings is 1. The summed E-state index contributed by atoms with van der Waals surface area (Å²) in [4.78, 5) is 31.2. The Morgan fingerprint density at radius 2 is 1.89 bits per heavy atom. The van der Waals surface area contributed by atoms with Crippen LogP contribution in [0, 0.1) is 5.41 Å². The normalized spacial score (nSPS) is 19.3. The van der Waals surface area contributed by atoms with Crippen molar-refractivity contribution in [1.82, 2.24) is 24.7 Å². The van der Waals surface area contributed by atoms with Gasteiger partial charge in [-0.1, -0.05) is 48.9 Å². The summed E-state index contributed by atoms with van der Waals surface area (Å²) in [7, 11) is 0. The van der Waals surface area contributed by atoms with Gasteiger partial charge in [0.2, 0.25) is 5.95 Å². The number of nitrogens with zero attached hydrogens (tertiary/aromatic N) is 5. The predicted molar refractivity (Wildman–Crippen MR) is 150 cm³/mol. The van der Waals surface area contributed by atoms with E-state index in [-0.39, 0.29) is 17.6 Å². The van der Waals surface area contributed by atoms with E-state index in [1.807, 2.05) is 63.9 Å². The molecule has 1 unspecified atom stereocenters. The molecule has 198 valence electrons. The summed E-state index contributed by atoms with van der Waals surface area (Å²) in [5.41, 5.74) is 0.461. The van der Waals surface area contributed by atoms with Gasteiger partial charge in [0.25, 0.3) is 0 Å². The molecule has 0 bridgehead atoms. The smallest absolute Gasteiger partial charge is 0.407 e. The van der Waals surface area contributed by atoms with Crippen LogP contribution in [-0.2, 0) is 4.74 Å². The van der Waals surface area contributed by atoms with E-state index in [9.17, 15) is 4.79 Å². The molecular weight excluding hydrogens is 496 g/mol. The van der Waals surface area contributed by atoms with Gasteiger partial charge in [-0.05, 0) is 50.8 Å². The summed E-state index contributed by atoms with van der Waals surface area (Å²) in [6.07, 6.45) is 14.9. The lowest BCUT2D eigenvalue weighted by molar-refractivity contribution is 0.0420. The first kappa shape index (κ1) is 25.0. The van der Waals surface area contributed by atoms with E-state index >= 15 is 0 Å². The minimum absolute atomic E-state index is 0.00443. The van der Waals surface area contributed by atoms with E-state index in [4.69, 9.17) is 14.7 Å². The number of aromatic nitrogens is 4. The van der Waals surface area contributed by atoms with Gasteiger partial charge in [0.05, 0.1) is 10.9 Å². The number of piperidine rings is 1. The summed E-state index contributed by atoms with van der Waals surface area (Å²) < 4.78 is 7.71. The molecule has 6 rings (SSSR count). The van der Waals surface area contributed by atoms with Gasteiger partial charge in [-0.2, -0.15) is 0 Å². The second-order valence-electron chi connectivity index (χ2n) is 11.5. The van der Waals surface area contributed by atoms with E-state index < -0.39 is 5.60 Å². The fourth-order valence-electron chi connectivity index (χ4n) is 6.02. The lowest BCUT2D eigenvalue weighted by atomic mass is 9.73. The summed E-state index contributed by atoms with van der Waals surface area (Å²) in [6.45, 7) is 7.29. The first-order chi connectivity index (χ1) is 18.3. The van der Waals surface area contributed by atoms with E-state index in [1.165, 1.54) is 12.8 Å². The maximum Gasteiger partial charge on any atom is 0.407 e. The molecule has 1 saturated carbocycles. The number of carbonyl (C=O) groups excluding carboxylic acids is 1. The Bertz CT molecular complexity index is 1470. The zero-order valence-electron chi connectivity index (χ0n) is 22.2. The molecule has 1 N–H and O–H groups in total. The molecule has 2 fully saturated rings. The Kier molecular flexibility index (Phi) is 6.42. The fraction of sp³-hybridized carbons (Fsp3) is 0.448. The van der Waals surface area contributed by atoms with Crippen molar-refractivity contribution in [2.75, 3.05) is 18.0 Å². The average Bonchev–Trinajstić information content (AvgIpc) is 3.56. The van der Waals surface area contributed by atoms with Crippen LogP contribution in [0.15, 0.2) is 65.0 Å². The van der Waals surface area contributed by atoms with Crippen LogP contribution in [0.3, 0.4) is 0 Å². The lowest BCUT2D eigenvalue weighted by Crippen LogP contribution is -2.58. The molecule has 0 radical (unpaired) electrons. The molecule has 1 spiro atoms. The number of imidazole rings is 1. The number of hydrogen-bond donors (Lipinski definition) is 1. The SMILES string of the molecule is CC(C)(C)OC(=O)NC1CN(c2ncc(Sc3cncc4ccccc34)c3nccn23)CCC12CCCC2. The van der Waals surface area contributed by atoms with E-state index in [0.717, 1.165) is 58.0 Å². The summed E-state index contributed by atoms with van der Waals surface area (Å²) in [5, 5.41) is 5.52. The third-order valence-corrected chi connectivity index (χ3v) is 8.87. The molecule has 2 aliphatic rings. The standard InChI is InChI=1S/C29H34N6O2S/c1-28(2,3)37-27(36)33-24-19-34(14-12-29(24)10-6-7-11-29)26-32-18-23(25-31-13-15-35(25)26)38-22-17-30-16-20-8-4-5-9-21(20)22/h4-5,8-9,13,15-18,24H,6-7,10-12,14,19H2,1-3H3,(H,33,36). The van der Waals surface area contributed by atoms with Crippen molar-refractivity contribution in [2.24, 2.45) is 5.41 Å². The van der Waals surface area contributed by atoms with Crippen LogP contribution in [0.2, 0.25) is 0 Å². The highest BCUT2D eigenvalue weighted by molar-refractivity contribution is 7.99. The largest absolute Gasteiger partial charge is 0.444 e. The van der Waals surface area contributed by atoms with E-state index in [2.05, 4.69) is 31.7 Å². The van der Waals surface area contributed by atoms with Gasteiger partial charge in [0.15, 0.2) is 5.65 Å². The monoisotopic (exact) mass is 530 g/mol. The van der Waals surface area contributed by atoms with Crippen LogP contribution in [0.4, 0.5) is 10.7 Å². The number of alkyl carbamates (subject to hydrolysis) is 1. The minimum Gasteiger partial charge on any atom is -0.444 e. The maximum atomic E-state index is 12.8. The predicted octanol–water partition coefficient (Wildman–Crippen LogP) is 6.09. The number of nitrogens with one attached hydrogen (secondary N) is 1. The number of anilines is 1. The summed E-state index contributed by atoms with van der Waals surface area (Å²) >= 11 is 1.64. The van der Waals surface area contributed by atoms with Crippen LogP contribution >= 0.6 is 11.8 Å². The van der Waals surface area contributed by atoms with Gasteiger partial charge in [-0.3, -0.25) is 9.38 Å². The molecule has 8 nitrogen and oxygen atoms in total. The van der Waals surface area contributed by atoms with Crippen molar-refractivity contribution in [3.63, 3.8) is 0 Å². The van der Waals surface area contributed by atoms with E-state index in [0.29, 0.717) is 6.54 Å². The molecule has 1 saturated heterocycles. The van der Waals surface area contributed by atoms with Crippen LogP contribution in [0.5, 0.6) is 0 Å². The number of carbonyl (C=O) groups is 1. The molecular formula is C29H34N6O2S. The van der Waals surface area contributed by atoms with Crippen molar-refractivity contribution in [2.45, 2.75) is 74.3 Å². The number of benzene rings is 1. The molecule has 1 atom stereocenters. The van der Waals surface area contributed by atoms with Gasteiger partial charge < -0.3 is 15.0 Å². The molecule has 9 heteroatoms. The molecule has 3 aromatic heterocycles. The number of hydrogen-bond acceptors (Lipinski definition) is 7. The highest BCUT2D eigenvalue weighted by Crippen LogP contribution is 2.47. The maximum absolute atomic E-state index is 12.8. The van der Waals surface area contributed by atoms with Crippen LogP contribution in [0.1, 0.15) is 52.9 Å². The third-order valence-electron chi connectivity index (χ3n) is 7.82. The van der Waals surface area contributed by atoms with Crippen LogP contribution in [0.25, 0.3) is 16.4 Å². The van der Waals surface area contributed by atoms with Crippen molar-refractivity contribution in [3.8, 4) is 0 Å². The molecule has 1 amide bonds. The van der Waals surface area contributed by atoms with Crippen LogP contribution < -0.4 is 10.2 Å². The summed E-state index contributed by atoms with van der Waals surface area (Å²) in [5.74, 6) is 0.849. The van der Waals surface area contributed by atoms with Crippen molar-refractivity contribution < 1.29 is 9.53 Å². The number of fused-ring (bicyclic) bond motifs is 2. The van der Waals surface area contributed by atoms with Crippen molar-refractivity contribution >= 4 is 40.2 Å². The van der Waals surface area contributed by atoms with Gasteiger partial charge >= 0.3 is 6.09 Å². The Balaban J connectivity index is 1.28. The number of amides is 1. The zero-order chi connectivity index (χ0) is 26.3. The number of rotatable bonds is 4. The van der Waals surface area contributed by atoms with Gasteiger partial charge in [0, 0.05) is 54.4 Å². The van der Waals surface area contributed by atoms with Gasteiger partial charge in [-0.15, -0.1) is 0 Å². The van der Waals surface area contributed by atoms with Crippen molar-refractivity contribution in [1.29, 1.82) is 0 Å². The Labute approximate surface area is 227 Å². The average molecular weight is 531 g/mol. The topological polar surface area (TPSA) is 84.6 Å². The highest BCUT2D eigenvalue weighted by atomic mass is 32.2. The molecule has 4 heterocycles. The molecule has 1 aromatic carbocycles.